The van der Waals surface area contributed by atoms with E-state index in [2.05, 4.69) is 44.1 Å². The molecule has 1 atom stereocenters. The molecular formula is C22H26Br2N2O3. The van der Waals surface area contributed by atoms with Gasteiger partial charge in [-0.25, -0.2) is 0 Å². The van der Waals surface area contributed by atoms with Crippen LogP contribution in [0.1, 0.15) is 32.3 Å². The summed E-state index contributed by atoms with van der Waals surface area (Å²) in [5, 5.41) is 2.91. The predicted octanol–water partition coefficient (Wildman–Crippen LogP) is 4.92. The molecule has 2 amide bonds. The number of carbonyl (C=O) groups is 2. The van der Waals surface area contributed by atoms with E-state index in [9.17, 15) is 9.59 Å². The van der Waals surface area contributed by atoms with E-state index >= 15 is 0 Å². The average Bonchev–Trinajstić information content (AvgIpc) is 2.72. The molecule has 0 bridgehead atoms. The monoisotopic (exact) mass is 524 g/mol. The lowest BCUT2D eigenvalue weighted by atomic mass is 10.1. The Morgan fingerprint density at radius 2 is 1.62 bits per heavy atom. The molecule has 0 spiro atoms. The minimum absolute atomic E-state index is 0.134. The van der Waals surface area contributed by atoms with Gasteiger partial charge >= 0.3 is 0 Å². The van der Waals surface area contributed by atoms with Crippen molar-refractivity contribution < 1.29 is 14.3 Å². The van der Waals surface area contributed by atoms with Gasteiger partial charge in [-0.2, -0.15) is 0 Å². The number of unbranched alkanes of at least 4 members (excludes halogenated alkanes) is 1. The molecule has 0 radical (unpaired) electrons. The molecule has 0 aliphatic rings. The number of halogens is 2. The lowest BCUT2D eigenvalue weighted by molar-refractivity contribution is -0.142. The van der Waals surface area contributed by atoms with Crippen LogP contribution in [-0.4, -0.2) is 35.9 Å². The van der Waals surface area contributed by atoms with Gasteiger partial charge in [-0.15, -0.1) is 0 Å². The molecule has 0 saturated carbocycles. The quantitative estimate of drug-likeness (QED) is 0.448. The molecule has 29 heavy (non-hydrogen) atoms. The lowest BCUT2D eigenvalue weighted by Crippen LogP contribution is -2.49. The molecule has 156 valence electrons. The van der Waals surface area contributed by atoms with Crippen LogP contribution in [0.4, 0.5) is 0 Å². The van der Waals surface area contributed by atoms with Crippen molar-refractivity contribution >= 4 is 43.7 Å². The second kappa shape index (κ2) is 12.0. The third-order valence-electron chi connectivity index (χ3n) is 4.44. The van der Waals surface area contributed by atoms with Crippen LogP contribution in [0.25, 0.3) is 0 Å². The zero-order valence-corrected chi connectivity index (χ0v) is 19.8. The Bertz CT molecular complexity index is 795. The Kier molecular flexibility index (Phi) is 9.67. The van der Waals surface area contributed by atoms with Crippen LogP contribution in [0.15, 0.2) is 57.5 Å². The van der Waals surface area contributed by atoms with E-state index in [-0.39, 0.29) is 18.4 Å². The number of nitrogens with zero attached hydrogens (tertiary/aromatic N) is 1. The molecule has 0 unspecified atom stereocenters. The molecule has 0 aliphatic carbocycles. The first-order valence-corrected chi connectivity index (χ1v) is 11.2. The van der Waals surface area contributed by atoms with Gasteiger partial charge in [-0.3, -0.25) is 9.59 Å². The van der Waals surface area contributed by atoms with E-state index in [1.165, 1.54) is 0 Å². The molecule has 2 aromatic carbocycles. The maximum Gasteiger partial charge on any atom is 0.261 e. The average molecular weight is 526 g/mol. The van der Waals surface area contributed by atoms with Gasteiger partial charge in [0.15, 0.2) is 6.61 Å². The Balaban J connectivity index is 2.08. The number of amides is 2. The van der Waals surface area contributed by atoms with E-state index in [0.29, 0.717) is 18.8 Å². The number of benzene rings is 2. The summed E-state index contributed by atoms with van der Waals surface area (Å²) < 4.78 is 7.53. The number of nitrogens with one attached hydrogen (secondary N) is 1. The maximum atomic E-state index is 12.9. The topological polar surface area (TPSA) is 58.6 Å². The number of hydrogen-bond donors (Lipinski definition) is 1. The standard InChI is InChI=1S/C22H26Br2N2O3/c1-3-4-13-25-22(28)16(2)26(14-17-5-7-18(23)8-6-17)21(27)15-29-20-11-9-19(24)10-12-20/h5-12,16H,3-4,13-15H2,1-2H3,(H,25,28)/t16-/m0/s1. The van der Waals surface area contributed by atoms with E-state index in [1.807, 2.05) is 36.4 Å². The second-order valence-electron chi connectivity index (χ2n) is 6.71. The molecule has 7 heteroatoms. The zero-order valence-electron chi connectivity index (χ0n) is 16.7. The molecule has 2 rings (SSSR count). The van der Waals surface area contributed by atoms with Crippen molar-refractivity contribution in [1.29, 1.82) is 0 Å². The van der Waals surface area contributed by atoms with Gasteiger partial charge in [0.25, 0.3) is 5.91 Å². The van der Waals surface area contributed by atoms with E-state index in [4.69, 9.17) is 4.74 Å². The van der Waals surface area contributed by atoms with Crippen molar-refractivity contribution in [2.45, 2.75) is 39.3 Å². The van der Waals surface area contributed by atoms with Crippen LogP contribution in [0, 0.1) is 0 Å². The third-order valence-corrected chi connectivity index (χ3v) is 5.50. The fourth-order valence-electron chi connectivity index (χ4n) is 2.66. The lowest BCUT2D eigenvalue weighted by Gasteiger charge is -2.28. The predicted molar refractivity (Wildman–Crippen MR) is 122 cm³/mol. The van der Waals surface area contributed by atoms with Crippen LogP contribution < -0.4 is 10.1 Å². The highest BCUT2D eigenvalue weighted by atomic mass is 79.9. The third kappa shape index (κ3) is 7.82. The summed E-state index contributed by atoms with van der Waals surface area (Å²) in [6.45, 7) is 4.62. The summed E-state index contributed by atoms with van der Waals surface area (Å²) in [5.74, 6) is 0.201. The molecule has 0 saturated heterocycles. The Morgan fingerprint density at radius 3 is 2.21 bits per heavy atom. The zero-order chi connectivity index (χ0) is 21.2. The molecular weight excluding hydrogens is 500 g/mol. The summed E-state index contributed by atoms with van der Waals surface area (Å²) in [4.78, 5) is 27.1. The van der Waals surface area contributed by atoms with Crippen LogP contribution in [0.2, 0.25) is 0 Å². The molecule has 0 heterocycles. The van der Waals surface area contributed by atoms with Crippen LogP contribution >= 0.6 is 31.9 Å². The van der Waals surface area contributed by atoms with Gasteiger partial charge < -0.3 is 15.0 Å². The van der Waals surface area contributed by atoms with Crippen molar-refractivity contribution in [2.75, 3.05) is 13.2 Å². The van der Waals surface area contributed by atoms with E-state index in [1.54, 1.807) is 24.0 Å². The summed E-state index contributed by atoms with van der Waals surface area (Å²) in [5.41, 5.74) is 0.943. The number of ether oxygens (including phenoxy) is 1. The largest absolute Gasteiger partial charge is 0.484 e. The Labute approximate surface area is 189 Å². The van der Waals surface area contributed by atoms with Gasteiger partial charge in [0.2, 0.25) is 5.91 Å². The van der Waals surface area contributed by atoms with Crippen molar-refractivity contribution in [3.8, 4) is 5.75 Å². The van der Waals surface area contributed by atoms with Crippen molar-refractivity contribution in [2.24, 2.45) is 0 Å². The highest BCUT2D eigenvalue weighted by molar-refractivity contribution is 9.10. The molecule has 1 N–H and O–H groups in total. The van der Waals surface area contributed by atoms with Gasteiger partial charge in [0.1, 0.15) is 11.8 Å². The summed E-state index contributed by atoms with van der Waals surface area (Å²) in [6, 6.07) is 14.4. The Morgan fingerprint density at radius 1 is 1.03 bits per heavy atom. The summed E-state index contributed by atoms with van der Waals surface area (Å²) in [6.07, 6.45) is 1.91. The summed E-state index contributed by atoms with van der Waals surface area (Å²) in [7, 11) is 0. The normalized spacial score (nSPS) is 11.6. The van der Waals surface area contributed by atoms with Gasteiger partial charge in [0, 0.05) is 22.0 Å². The van der Waals surface area contributed by atoms with Crippen molar-refractivity contribution in [1.82, 2.24) is 10.2 Å². The molecule has 0 aromatic heterocycles. The van der Waals surface area contributed by atoms with Crippen LogP contribution in [-0.2, 0) is 16.1 Å². The maximum absolute atomic E-state index is 12.9. The van der Waals surface area contributed by atoms with Crippen LogP contribution in [0.5, 0.6) is 5.75 Å². The van der Waals surface area contributed by atoms with Gasteiger partial charge in [0.05, 0.1) is 0 Å². The SMILES string of the molecule is CCCCNC(=O)[C@H](C)N(Cc1ccc(Br)cc1)C(=O)COc1ccc(Br)cc1. The van der Waals surface area contributed by atoms with E-state index < -0.39 is 6.04 Å². The van der Waals surface area contributed by atoms with Gasteiger partial charge in [-0.1, -0.05) is 57.3 Å². The first-order valence-electron chi connectivity index (χ1n) is 9.60. The highest BCUT2D eigenvalue weighted by Gasteiger charge is 2.26. The van der Waals surface area contributed by atoms with E-state index in [0.717, 1.165) is 27.4 Å². The van der Waals surface area contributed by atoms with Gasteiger partial charge in [-0.05, 0) is 55.3 Å². The minimum atomic E-state index is -0.600. The van der Waals surface area contributed by atoms with Crippen LogP contribution in [0.3, 0.4) is 0 Å². The first kappa shape index (κ1) is 23.4. The number of rotatable bonds is 10. The number of hydrogen-bond acceptors (Lipinski definition) is 3. The van der Waals surface area contributed by atoms with Crippen molar-refractivity contribution in [3.63, 3.8) is 0 Å². The molecule has 5 nitrogen and oxygen atoms in total. The molecule has 0 fully saturated rings. The Hall–Kier alpha value is -1.86. The van der Waals surface area contributed by atoms with Crippen molar-refractivity contribution in [3.05, 3.63) is 63.0 Å². The summed E-state index contributed by atoms with van der Waals surface area (Å²) >= 11 is 6.79. The first-order chi connectivity index (χ1) is 13.9. The fraction of sp³-hybridized carbons (Fsp3) is 0.364. The smallest absolute Gasteiger partial charge is 0.261 e. The minimum Gasteiger partial charge on any atom is -0.484 e. The number of carbonyl (C=O) groups excluding carboxylic acids is 2. The highest BCUT2D eigenvalue weighted by Crippen LogP contribution is 2.17. The molecule has 2 aromatic rings. The molecule has 0 aliphatic heterocycles. The second-order valence-corrected chi connectivity index (χ2v) is 8.54. The fourth-order valence-corrected chi connectivity index (χ4v) is 3.19.